The first-order valence-electron chi connectivity index (χ1n) is 5.94. The molecule has 0 amide bonds. The minimum Gasteiger partial charge on any atom is -0.380 e. The lowest BCUT2D eigenvalue weighted by Gasteiger charge is -2.08. The quantitative estimate of drug-likeness (QED) is 0.606. The van der Waals surface area contributed by atoms with E-state index in [9.17, 15) is 9.90 Å². The summed E-state index contributed by atoms with van der Waals surface area (Å²) in [6.07, 6.45) is -1.02. The number of hydrogen-bond donors (Lipinski definition) is 1. The first kappa shape index (κ1) is 9.80. The fourth-order valence-corrected chi connectivity index (χ4v) is 2.93. The van der Waals surface area contributed by atoms with E-state index in [1.807, 2.05) is 36.4 Å². The number of aliphatic hydroxyl groups excluding tert-OH is 1. The molecule has 2 nitrogen and oxygen atoms in total. The molecule has 86 valence electrons. The number of carbonyl (C=O) groups is 1. The Morgan fingerprint density at radius 3 is 2.61 bits per heavy atom. The predicted octanol–water partition coefficient (Wildman–Crippen LogP) is 3.22. The average Bonchev–Trinajstić information content (AvgIpc) is 2.66. The number of rotatable bonds is 0. The van der Waals surface area contributed by atoms with Gasteiger partial charge in [-0.25, -0.2) is 0 Å². The van der Waals surface area contributed by atoms with Crippen LogP contribution >= 0.6 is 0 Å². The molecule has 0 saturated heterocycles. The van der Waals surface area contributed by atoms with Gasteiger partial charge in [-0.05, 0) is 27.6 Å². The number of Topliss-reactive ketones (excluding diaryl/α,β-unsaturated/α-hetero) is 1. The topological polar surface area (TPSA) is 37.3 Å². The zero-order valence-corrected chi connectivity index (χ0v) is 9.55. The summed E-state index contributed by atoms with van der Waals surface area (Å²) in [5.74, 6) is -0.188. The molecule has 1 aliphatic rings. The van der Waals surface area contributed by atoms with Crippen LogP contribution in [-0.2, 0) is 0 Å². The lowest BCUT2D eigenvalue weighted by molar-refractivity contribution is 0.0768. The maximum atomic E-state index is 12.1. The van der Waals surface area contributed by atoms with E-state index >= 15 is 0 Å². The van der Waals surface area contributed by atoms with Crippen LogP contribution in [0.25, 0.3) is 21.5 Å². The third kappa shape index (κ3) is 1.03. The molecule has 0 fully saturated rings. The van der Waals surface area contributed by atoms with E-state index in [0.29, 0.717) is 5.56 Å². The molecule has 3 aromatic rings. The molecule has 0 heterocycles. The summed E-state index contributed by atoms with van der Waals surface area (Å²) in [6.45, 7) is 0. The Kier molecular flexibility index (Phi) is 1.73. The van der Waals surface area contributed by atoms with Gasteiger partial charge in [0, 0.05) is 11.1 Å². The van der Waals surface area contributed by atoms with Crippen molar-refractivity contribution in [2.24, 2.45) is 0 Å². The SMILES string of the molecule is O=C1c2cccc3cc4ccccc4c(c23)[C@@H]1O. The standard InChI is InChI=1S/C16H10O2/c17-15-12-7-3-5-10-8-9-4-1-2-6-11(9)14(13(10)12)16(15)18/h1-8,16,18H/t16-/m0/s1. The molecule has 0 spiro atoms. The van der Waals surface area contributed by atoms with Crippen molar-refractivity contribution in [1.82, 2.24) is 0 Å². The van der Waals surface area contributed by atoms with Crippen LogP contribution in [0.2, 0.25) is 0 Å². The van der Waals surface area contributed by atoms with Crippen molar-refractivity contribution in [3.8, 4) is 0 Å². The van der Waals surface area contributed by atoms with Crippen molar-refractivity contribution in [2.45, 2.75) is 6.10 Å². The fourth-order valence-electron chi connectivity index (χ4n) is 2.93. The van der Waals surface area contributed by atoms with Crippen molar-refractivity contribution in [2.75, 3.05) is 0 Å². The van der Waals surface area contributed by atoms with Crippen LogP contribution in [0.4, 0.5) is 0 Å². The Balaban J connectivity index is 2.34. The monoisotopic (exact) mass is 234 g/mol. The highest BCUT2D eigenvalue weighted by atomic mass is 16.3. The molecule has 3 aromatic carbocycles. The predicted molar refractivity (Wildman–Crippen MR) is 70.7 cm³/mol. The highest BCUT2D eigenvalue weighted by Gasteiger charge is 2.32. The summed E-state index contributed by atoms with van der Waals surface area (Å²) in [4.78, 5) is 12.1. The van der Waals surface area contributed by atoms with Gasteiger partial charge in [-0.2, -0.15) is 0 Å². The van der Waals surface area contributed by atoms with Gasteiger partial charge >= 0.3 is 0 Å². The van der Waals surface area contributed by atoms with Gasteiger partial charge in [-0.3, -0.25) is 4.79 Å². The number of benzene rings is 3. The summed E-state index contributed by atoms with van der Waals surface area (Å²) in [6, 6.07) is 15.6. The minimum absolute atomic E-state index is 0.188. The van der Waals surface area contributed by atoms with Crippen molar-refractivity contribution >= 4 is 27.3 Å². The van der Waals surface area contributed by atoms with Crippen molar-refractivity contribution < 1.29 is 9.90 Å². The van der Waals surface area contributed by atoms with Gasteiger partial charge in [0.05, 0.1) is 0 Å². The molecule has 4 rings (SSSR count). The second kappa shape index (κ2) is 3.18. The Bertz CT molecular complexity index is 818. The second-order valence-electron chi connectivity index (χ2n) is 4.68. The molecule has 1 aliphatic carbocycles. The van der Waals surface area contributed by atoms with Crippen molar-refractivity contribution in [3.05, 3.63) is 59.7 Å². The Morgan fingerprint density at radius 2 is 1.72 bits per heavy atom. The van der Waals surface area contributed by atoms with Crippen molar-refractivity contribution in [1.29, 1.82) is 0 Å². The lowest BCUT2D eigenvalue weighted by Crippen LogP contribution is -2.04. The van der Waals surface area contributed by atoms with E-state index in [1.54, 1.807) is 6.07 Å². The number of carbonyl (C=O) groups excluding carboxylic acids is 1. The molecular weight excluding hydrogens is 224 g/mol. The molecule has 1 N–H and O–H groups in total. The van der Waals surface area contributed by atoms with Gasteiger partial charge in [0.25, 0.3) is 0 Å². The number of ketones is 1. The van der Waals surface area contributed by atoms with Gasteiger partial charge in [0.15, 0.2) is 5.78 Å². The summed E-state index contributed by atoms with van der Waals surface area (Å²) in [5, 5.41) is 14.1. The maximum Gasteiger partial charge on any atom is 0.196 e. The van der Waals surface area contributed by atoms with E-state index in [2.05, 4.69) is 6.07 Å². The molecular formula is C16H10O2. The molecule has 0 radical (unpaired) electrons. The van der Waals surface area contributed by atoms with Gasteiger partial charge in [0.1, 0.15) is 6.10 Å². The fraction of sp³-hybridized carbons (Fsp3) is 0.0625. The lowest BCUT2D eigenvalue weighted by atomic mass is 9.97. The number of aliphatic hydroxyl groups is 1. The van der Waals surface area contributed by atoms with E-state index in [1.165, 1.54) is 0 Å². The van der Waals surface area contributed by atoms with E-state index in [4.69, 9.17) is 0 Å². The minimum atomic E-state index is -1.02. The molecule has 0 bridgehead atoms. The smallest absolute Gasteiger partial charge is 0.196 e. The number of hydrogen-bond acceptors (Lipinski definition) is 2. The van der Waals surface area contributed by atoms with Crippen LogP contribution in [-0.4, -0.2) is 10.9 Å². The first-order chi connectivity index (χ1) is 8.77. The average molecular weight is 234 g/mol. The summed E-state index contributed by atoms with van der Waals surface area (Å²) in [7, 11) is 0. The van der Waals surface area contributed by atoms with Crippen molar-refractivity contribution in [3.63, 3.8) is 0 Å². The largest absolute Gasteiger partial charge is 0.380 e. The van der Waals surface area contributed by atoms with E-state index < -0.39 is 6.10 Å². The molecule has 0 saturated carbocycles. The van der Waals surface area contributed by atoms with Crippen LogP contribution in [0.3, 0.4) is 0 Å². The summed E-state index contributed by atoms with van der Waals surface area (Å²) in [5.41, 5.74) is 1.41. The third-order valence-corrected chi connectivity index (χ3v) is 3.72. The van der Waals surface area contributed by atoms with Gasteiger partial charge in [0.2, 0.25) is 0 Å². The Morgan fingerprint density at radius 1 is 0.944 bits per heavy atom. The Hall–Kier alpha value is -2.19. The highest BCUT2D eigenvalue weighted by molar-refractivity contribution is 6.21. The normalized spacial score (nSPS) is 17.8. The molecule has 1 atom stereocenters. The number of fused-ring (bicyclic) bond motifs is 2. The van der Waals surface area contributed by atoms with Crippen LogP contribution in [0.1, 0.15) is 22.0 Å². The maximum absolute atomic E-state index is 12.1. The molecule has 0 aromatic heterocycles. The van der Waals surface area contributed by atoms with Crippen LogP contribution in [0, 0.1) is 0 Å². The van der Waals surface area contributed by atoms with Crippen LogP contribution in [0.15, 0.2) is 48.5 Å². The zero-order chi connectivity index (χ0) is 12.3. The summed E-state index contributed by atoms with van der Waals surface area (Å²) >= 11 is 0. The van der Waals surface area contributed by atoms with E-state index in [0.717, 1.165) is 27.1 Å². The van der Waals surface area contributed by atoms with Crippen LogP contribution < -0.4 is 0 Å². The molecule has 0 aliphatic heterocycles. The zero-order valence-electron chi connectivity index (χ0n) is 9.55. The summed E-state index contributed by atoms with van der Waals surface area (Å²) < 4.78 is 0. The Labute approximate surface area is 103 Å². The van der Waals surface area contributed by atoms with Gasteiger partial charge in [-0.1, -0.05) is 42.5 Å². The van der Waals surface area contributed by atoms with Gasteiger partial charge in [-0.15, -0.1) is 0 Å². The second-order valence-corrected chi connectivity index (χ2v) is 4.68. The highest BCUT2D eigenvalue weighted by Crippen LogP contribution is 2.41. The first-order valence-corrected chi connectivity index (χ1v) is 5.94. The molecule has 0 unspecified atom stereocenters. The molecule has 18 heavy (non-hydrogen) atoms. The van der Waals surface area contributed by atoms with Gasteiger partial charge < -0.3 is 5.11 Å². The van der Waals surface area contributed by atoms with E-state index in [-0.39, 0.29) is 5.78 Å². The molecule has 2 heteroatoms. The van der Waals surface area contributed by atoms with Crippen LogP contribution in [0.5, 0.6) is 0 Å². The third-order valence-electron chi connectivity index (χ3n) is 3.72.